The van der Waals surface area contributed by atoms with E-state index in [0.717, 1.165) is 51.0 Å². The van der Waals surface area contributed by atoms with Gasteiger partial charge in [-0.2, -0.15) is 5.10 Å². The quantitative estimate of drug-likeness (QED) is 0.283. The van der Waals surface area contributed by atoms with E-state index in [4.69, 9.17) is 0 Å². The van der Waals surface area contributed by atoms with Gasteiger partial charge < -0.3 is 15.7 Å². The standard InChI is InChI=1S/C27H28N8O2/c1-17(20-5-6-22(27(37)28-2)21-4-3-8-30-25(20)21)7-9-29-24-13-23(32-16-33-24)18-12-19-15-34-35(10-11-36)26(19)31-14-18/h3-6,8,12-17,36H,7,9-11H2,1-2H3,(H,28,37)(H,29,32,33). The first-order valence-electron chi connectivity index (χ1n) is 12.2. The van der Waals surface area contributed by atoms with Gasteiger partial charge in [0.1, 0.15) is 12.1 Å². The van der Waals surface area contributed by atoms with Crippen LogP contribution in [0.15, 0.2) is 61.3 Å². The van der Waals surface area contributed by atoms with Gasteiger partial charge >= 0.3 is 0 Å². The maximum absolute atomic E-state index is 12.3. The lowest BCUT2D eigenvalue weighted by molar-refractivity contribution is 0.0964. The summed E-state index contributed by atoms with van der Waals surface area (Å²) in [4.78, 5) is 30.2. The van der Waals surface area contributed by atoms with Crippen LogP contribution in [0.2, 0.25) is 0 Å². The van der Waals surface area contributed by atoms with Crippen molar-refractivity contribution >= 4 is 33.7 Å². The number of benzene rings is 1. The Morgan fingerprint density at radius 2 is 2.00 bits per heavy atom. The van der Waals surface area contributed by atoms with Crippen LogP contribution < -0.4 is 10.6 Å². The molecule has 5 aromatic rings. The van der Waals surface area contributed by atoms with E-state index >= 15 is 0 Å². The number of carbonyl (C=O) groups excluding carboxylic acids is 1. The first-order chi connectivity index (χ1) is 18.1. The molecule has 37 heavy (non-hydrogen) atoms. The Kier molecular flexibility index (Phi) is 7.00. The van der Waals surface area contributed by atoms with Crippen LogP contribution in [0, 0.1) is 0 Å². The highest BCUT2D eigenvalue weighted by molar-refractivity contribution is 6.06. The number of carbonyl (C=O) groups is 1. The third-order valence-electron chi connectivity index (χ3n) is 6.44. The molecule has 4 aromatic heterocycles. The number of hydrogen-bond donors (Lipinski definition) is 3. The van der Waals surface area contributed by atoms with Crippen molar-refractivity contribution in [1.82, 2.24) is 35.0 Å². The number of aromatic nitrogens is 6. The molecular weight excluding hydrogens is 468 g/mol. The predicted molar refractivity (Wildman–Crippen MR) is 142 cm³/mol. The highest BCUT2D eigenvalue weighted by Crippen LogP contribution is 2.29. The molecule has 10 heteroatoms. The summed E-state index contributed by atoms with van der Waals surface area (Å²) in [5.41, 5.74) is 4.94. The molecule has 0 bridgehead atoms. The van der Waals surface area contributed by atoms with Crippen molar-refractivity contribution < 1.29 is 9.90 Å². The number of aliphatic hydroxyl groups is 1. The summed E-state index contributed by atoms with van der Waals surface area (Å²) in [6, 6.07) is 11.6. The summed E-state index contributed by atoms with van der Waals surface area (Å²) in [6.07, 6.45) is 7.64. The Morgan fingerprint density at radius 3 is 2.84 bits per heavy atom. The molecule has 10 nitrogen and oxygen atoms in total. The first-order valence-corrected chi connectivity index (χ1v) is 12.2. The smallest absolute Gasteiger partial charge is 0.251 e. The first kappa shape index (κ1) is 24.3. The fourth-order valence-electron chi connectivity index (χ4n) is 4.48. The largest absolute Gasteiger partial charge is 0.394 e. The molecular formula is C27H28N8O2. The van der Waals surface area contributed by atoms with Gasteiger partial charge in [0.2, 0.25) is 0 Å². The van der Waals surface area contributed by atoms with Gasteiger partial charge in [-0.3, -0.25) is 9.78 Å². The maximum atomic E-state index is 12.3. The third-order valence-corrected chi connectivity index (χ3v) is 6.44. The Morgan fingerprint density at radius 1 is 1.11 bits per heavy atom. The molecule has 1 unspecified atom stereocenters. The second-order valence-electron chi connectivity index (χ2n) is 8.81. The van der Waals surface area contributed by atoms with Gasteiger partial charge in [0.25, 0.3) is 5.91 Å². The van der Waals surface area contributed by atoms with E-state index in [1.165, 1.54) is 6.33 Å². The average molecular weight is 497 g/mol. The molecule has 0 saturated heterocycles. The molecule has 0 aliphatic heterocycles. The summed E-state index contributed by atoms with van der Waals surface area (Å²) in [5, 5.41) is 21.3. The number of rotatable bonds is 9. The van der Waals surface area contributed by atoms with Crippen molar-refractivity contribution in [3.8, 4) is 11.3 Å². The SMILES string of the molecule is CNC(=O)c1ccc(C(C)CCNc2cc(-c3cnc4c(cnn4CCO)c3)ncn2)c2ncccc12. The molecule has 0 aliphatic carbocycles. The molecule has 0 saturated carbocycles. The van der Waals surface area contributed by atoms with E-state index < -0.39 is 0 Å². The molecule has 4 heterocycles. The molecule has 0 spiro atoms. The lowest BCUT2D eigenvalue weighted by Crippen LogP contribution is -2.18. The fraction of sp³-hybridized carbons (Fsp3) is 0.259. The monoisotopic (exact) mass is 496 g/mol. The van der Waals surface area contributed by atoms with E-state index in [9.17, 15) is 9.90 Å². The van der Waals surface area contributed by atoms with Gasteiger partial charge in [0.15, 0.2) is 5.65 Å². The lowest BCUT2D eigenvalue weighted by atomic mass is 9.93. The molecule has 1 aromatic carbocycles. The summed E-state index contributed by atoms with van der Waals surface area (Å²) in [6.45, 7) is 3.27. The second kappa shape index (κ2) is 10.7. The lowest BCUT2D eigenvalue weighted by Gasteiger charge is -2.16. The van der Waals surface area contributed by atoms with Gasteiger partial charge in [-0.1, -0.05) is 19.1 Å². The van der Waals surface area contributed by atoms with E-state index in [2.05, 4.69) is 42.6 Å². The Labute approximate surface area is 213 Å². The van der Waals surface area contributed by atoms with Crippen LogP contribution in [0.3, 0.4) is 0 Å². The van der Waals surface area contributed by atoms with Crippen LogP contribution in [-0.2, 0) is 6.54 Å². The number of aliphatic hydroxyl groups excluding tert-OH is 1. The van der Waals surface area contributed by atoms with Crippen molar-refractivity contribution in [3.05, 3.63) is 72.4 Å². The molecule has 0 radical (unpaired) electrons. The number of amides is 1. The Hall–Kier alpha value is -4.44. The predicted octanol–water partition coefficient (Wildman–Crippen LogP) is 3.39. The second-order valence-corrected chi connectivity index (χ2v) is 8.81. The van der Waals surface area contributed by atoms with Crippen molar-refractivity contribution in [1.29, 1.82) is 0 Å². The number of anilines is 1. The minimum Gasteiger partial charge on any atom is -0.394 e. The molecule has 0 aliphatic rings. The minimum absolute atomic E-state index is 0.00776. The van der Waals surface area contributed by atoms with Gasteiger partial charge in [-0.25, -0.2) is 19.6 Å². The molecule has 1 atom stereocenters. The van der Waals surface area contributed by atoms with E-state index in [1.54, 1.807) is 30.3 Å². The van der Waals surface area contributed by atoms with Gasteiger partial charge in [-0.15, -0.1) is 0 Å². The van der Waals surface area contributed by atoms with E-state index in [0.29, 0.717) is 18.7 Å². The zero-order valence-electron chi connectivity index (χ0n) is 20.7. The summed E-state index contributed by atoms with van der Waals surface area (Å²) < 4.78 is 1.68. The number of fused-ring (bicyclic) bond motifs is 2. The van der Waals surface area contributed by atoms with E-state index in [-0.39, 0.29) is 18.4 Å². The normalized spacial score (nSPS) is 12.1. The zero-order chi connectivity index (χ0) is 25.8. The molecule has 5 rings (SSSR count). The molecule has 0 fully saturated rings. The molecule has 188 valence electrons. The van der Waals surface area contributed by atoms with Crippen LogP contribution in [-0.4, -0.2) is 60.9 Å². The topological polar surface area (TPSA) is 131 Å². The van der Waals surface area contributed by atoms with Crippen LogP contribution in [0.1, 0.15) is 35.2 Å². The van der Waals surface area contributed by atoms with Gasteiger partial charge in [0.05, 0.1) is 30.6 Å². The molecule has 3 N–H and O–H groups in total. The number of nitrogens with one attached hydrogen (secondary N) is 2. The zero-order valence-corrected chi connectivity index (χ0v) is 20.7. The van der Waals surface area contributed by atoms with Crippen molar-refractivity contribution in [2.24, 2.45) is 0 Å². The van der Waals surface area contributed by atoms with Crippen LogP contribution in [0.4, 0.5) is 5.82 Å². The highest BCUT2D eigenvalue weighted by Gasteiger charge is 2.16. The summed E-state index contributed by atoms with van der Waals surface area (Å²) in [7, 11) is 1.63. The number of hydrogen-bond acceptors (Lipinski definition) is 8. The van der Waals surface area contributed by atoms with Crippen LogP contribution in [0.5, 0.6) is 0 Å². The summed E-state index contributed by atoms with van der Waals surface area (Å²) in [5.74, 6) is 0.824. The summed E-state index contributed by atoms with van der Waals surface area (Å²) >= 11 is 0. The van der Waals surface area contributed by atoms with Crippen molar-refractivity contribution in [2.45, 2.75) is 25.8 Å². The molecule has 1 amide bonds. The van der Waals surface area contributed by atoms with Gasteiger partial charge in [-0.05, 0) is 36.1 Å². The highest BCUT2D eigenvalue weighted by atomic mass is 16.3. The Bertz CT molecular complexity index is 1570. The van der Waals surface area contributed by atoms with Gasteiger partial charge in [0, 0.05) is 54.0 Å². The number of nitrogens with zero attached hydrogens (tertiary/aromatic N) is 6. The van der Waals surface area contributed by atoms with Crippen molar-refractivity contribution in [2.75, 3.05) is 25.5 Å². The van der Waals surface area contributed by atoms with E-state index in [1.807, 2.05) is 36.4 Å². The third kappa shape index (κ3) is 4.96. The van der Waals surface area contributed by atoms with Crippen molar-refractivity contribution in [3.63, 3.8) is 0 Å². The Balaban J connectivity index is 1.28. The fourth-order valence-corrected chi connectivity index (χ4v) is 4.48. The minimum atomic E-state index is -0.119. The van der Waals surface area contributed by atoms with Crippen LogP contribution >= 0.6 is 0 Å². The average Bonchev–Trinajstić information content (AvgIpc) is 3.34. The maximum Gasteiger partial charge on any atom is 0.251 e. The van der Waals surface area contributed by atoms with Crippen LogP contribution in [0.25, 0.3) is 33.2 Å². The number of pyridine rings is 2.